The number of rotatable bonds is 6. The topological polar surface area (TPSA) is 32.3 Å². The predicted octanol–water partition coefficient (Wildman–Crippen LogP) is 2.34. The molecule has 0 aliphatic heterocycles. The summed E-state index contributed by atoms with van der Waals surface area (Å²) < 4.78 is 0. The second-order valence-electron chi connectivity index (χ2n) is 4.54. The average molecular weight is 248 g/mol. The maximum absolute atomic E-state index is 12.1. The van der Waals surface area contributed by atoms with E-state index in [0.29, 0.717) is 0 Å². The van der Waals surface area contributed by atoms with Gasteiger partial charge in [-0.3, -0.25) is 4.79 Å². The van der Waals surface area contributed by atoms with Crippen LogP contribution in [0.4, 0.5) is 0 Å². The molecule has 0 aromatic heterocycles. The fourth-order valence-corrected chi connectivity index (χ4v) is 1.97. The number of hydrogen-bond acceptors (Lipinski definition) is 2. The Labute approximate surface area is 110 Å². The van der Waals surface area contributed by atoms with Gasteiger partial charge in [0.1, 0.15) is 0 Å². The highest BCUT2D eigenvalue weighted by Crippen LogP contribution is 2.07. The molecule has 0 aliphatic rings. The fourth-order valence-electron chi connectivity index (χ4n) is 1.97. The number of nitrogens with zero attached hydrogens (tertiary/aromatic N) is 1. The molecule has 1 amide bonds. The molecule has 0 bridgehead atoms. The van der Waals surface area contributed by atoms with Gasteiger partial charge < -0.3 is 10.2 Å². The number of nitrogens with one attached hydrogen (secondary N) is 1. The summed E-state index contributed by atoms with van der Waals surface area (Å²) in [5.74, 6) is 0.175. The molecule has 0 saturated heterocycles. The molecular weight excluding hydrogens is 224 g/mol. The van der Waals surface area contributed by atoms with Crippen LogP contribution in [0.3, 0.4) is 0 Å². The van der Waals surface area contributed by atoms with Crippen molar-refractivity contribution in [2.45, 2.75) is 40.3 Å². The normalized spacial score (nSPS) is 12.2. The highest BCUT2D eigenvalue weighted by Gasteiger charge is 2.17. The third-order valence-corrected chi connectivity index (χ3v) is 3.31. The molecule has 0 aliphatic carbocycles. The van der Waals surface area contributed by atoms with Crippen molar-refractivity contribution >= 4 is 5.91 Å². The highest BCUT2D eigenvalue weighted by atomic mass is 16.2. The van der Waals surface area contributed by atoms with Crippen LogP contribution in [0.25, 0.3) is 0 Å². The van der Waals surface area contributed by atoms with Gasteiger partial charge >= 0.3 is 0 Å². The van der Waals surface area contributed by atoms with Crippen molar-refractivity contribution in [3.8, 4) is 0 Å². The first-order valence-electron chi connectivity index (χ1n) is 6.66. The summed E-state index contributed by atoms with van der Waals surface area (Å²) in [4.78, 5) is 13.9. The Balaban J connectivity index is 2.53. The van der Waals surface area contributed by atoms with Crippen LogP contribution in [-0.2, 0) is 11.3 Å². The van der Waals surface area contributed by atoms with E-state index in [1.807, 2.05) is 37.8 Å². The molecule has 1 unspecified atom stereocenters. The van der Waals surface area contributed by atoms with E-state index >= 15 is 0 Å². The summed E-state index contributed by atoms with van der Waals surface area (Å²) in [6, 6.07) is 8.11. The Bertz CT molecular complexity index is 386. The van der Waals surface area contributed by atoms with Gasteiger partial charge in [-0.2, -0.15) is 0 Å². The molecule has 0 fully saturated rings. The zero-order chi connectivity index (χ0) is 13.5. The van der Waals surface area contributed by atoms with Crippen molar-refractivity contribution in [1.29, 1.82) is 0 Å². The molecule has 18 heavy (non-hydrogen) atoms. The van der Waals surface area contributed by atoms with Crippen LogP contribution in [0.15, 0.2) is 24.3 Å². The summed E-state index contributed by atoms with van der Waals surface area (Å²) in [5.41, 5.74) is 2.50. The van der Waals surface area contributed by atoms with Crippen molar-refractivity contribution in [2.24, 2.45) is 0 Å². The van der Waals surface area contributed by atoms with Crippen LogP contribution in [0.1, 0.15) is 31.9 Å². The molecule has 3 heteroatoms. The molecule has 0 spiro atoms. The number of likely N-dealkylation sites (N-methyl/N-ethyl adjacent to an activating group) is 1. The lowest BCUT2D eigenvalue weighted by Crippen LogP contribution is -2.44. The van der Waals surface area contributed by atoms with Crippen molar-refractivity contribution in [1.82, 2.24) is 10.2 Å². The number of carbonyl (C=O) groups is 1. The second-order valence-corrected chi connectivity index (χ2v) is 4.54. The molecule has 100 valence electrons. The van der Waals surface area contributed by atoms with Crippen molar-refractivity contribution in [2.75, 3.05) is 13.1 Å². The van der Waals surface area contributed by atoms with Crippen LogP contribution < -0.4 is 5.32 Å². The Kier molecular flexibility index (Phi) is 5.86. The quantitative estimate of drug-likeness (QED) is 0.838. The van der Waals surface area contributed by atoms with Gasteiger partial charge in [-0.15, -0.1) is 0 Å². The minimum atomic E-state index is -0.135. The number of carbonyl (C=O) groups excluding carboxylic acids is 1. The lowest BCUT2D eigenvalue weighted by Gasteiger charge is -2.23. The first-order valence-corrected chi connectivity index (χ1v) is 6.66. The number of aryl methyl sites for hydroxylation is 1. The van der Waals surface area contributed by atoms with Crippen molar-refractivity contribution < 1.29 is 4.79 Å². The fraction of sp³-hybridized carbons (Fsp3) is 0.533. The molecule has 1 N–H and O–H groups in total. The summed E-state index contributed by atoms with van der Waals surface area (Å²) in [5, 5.41) is 3.30. The Morgan fingerprint density at radius 2 is 1.89 bits per heavy atom. The van der Waals surface area contributed by atoms with Crippen LogP contribution in [0.5, 0.6) is 0 Å². The lowest BCUT2D eigenvalue weighted by molar-refractivity contribution is -0.132. The third-order valence-electron chi connectivity index (χ3n) is 3.31. The molecule has 0 radical (unpaired) electrons. The predicted molar refractivity (Wildman–Crippen MR) is 75.4 cm³/mol. The Hall–Kier alpha value is -1.35. The largest absolute Gasteiger partial charge is 0.342 e. The van der Waals surface area contributed by atoms with Gasteiger partial charge in [0.05, 0.1) is 6.04 Å². The van der Waals surface area contributed by atoms with Crippen LogP contribution in [-0.4, -0.2) is 29.9 Å². The molecule has 1 aromatic rings. The minimum absolute atomic E-state index is 0.135. The van der Waals surface area contributed by atoms with E-state index in [-0.39, 0.29) is 11.9 Å². The van der Waals surface area contributed by atoms with Gasteiger partial charge in [0, 0.05) is 19.6 Å². The van der Waals surface area contributed by atoms with Crippen LogP contribution in [0.2, 0.25) is 0 Å². The first-order chi connectivity index (χ1) is 8.60. The number of amides is 1. The highest BCUT2D eigenvalue weighted by molar-refractivity contribution is 5.81. The van der Waals surface area contributed by atoms with E-state index < -0.39 is 0 Å². The van der Waals surface area contributed by atoms with E-state index in [4.69, 9.17) is 0 Å². The Morgan fingerprint density at radius 3 is 2.44 bits per heavy atom. The van der Waals surface area contributed by atoms with Gasteiger partial charge in [-0.05, 0) is 38.8 Å². The van der Waals surface area contributed by atoms with Crippen LogP contribution in [0, 0.1) is 6.92 Å². The summed E-state index contributed by atoms with van der Waals surface area (Å²) in [7, 11) is 0. The SMILES string of the molecule is CCN(CC)C(=O)C(C)NCc1ccccc1C. The average Bonchev–Trinajstić information content (AvgIpc) is 2.38. The van der Waals surface area contributed by atoms with E-state index in [1.165, 1.54) is 11.1 Å². The molecule has 3 nitrogen and oxygen atoms in total. The van der Waals surface area contributed by atoms with E-state index in [2.05, 4.69) is 24.4 Å². The summed E-state index contributed by atoms with van der Waals surface area (Å²) in [6.45, 7) is 10.3. The standard InChI is InChI=1S/C15H24N2O/c1-5-17(6-2)15(18)13(4)16-11-14-10-8-7-9-12(14)3/h7-10,13,16H,5-6,11H2,1-4H3. The van der Waals surface area contributed by atoms with E-state index in [9.17, 15) is 4.79 Å². The molecule has 1 rings (SSSR count). The zero-order valence-corrected chi connectivity index (χ0v) is 11.9. The molecule has 0 saturated carbocycles. The van der Waals surface area contributed by atoms with E-state index in [1.54, 1.807) is 0 Å². The number of benzene rings is 1. The Morgan fingerprint density at radius 1 is 1.28 bits per heavy atom. The lowest BCUT2D eigenvalue weighted by atomic mass is 10.1. The minimum Gasteiger partial charge on any atom is -0.342 e. The zero-order valence-electron chi connectivity index (χ0n) is 11.9. The summed E-state index contributed by atoms with van der Waals surface area (Å²) in [6.07, 6.45) is 0. The summed E-state index contributed by atoms with van der Waals surface area (Å²) >= 11 is 0. The van der Waals surface area contributed by atoms with Gasteiger partial charge in [-0.25, -0.2) is 0 Å². The van der Waals surface area contributed by atoms with Gasteiger partial charge in [-0.1, -0.05) is 24.3 Å². The molecule has 1 atom stereocenters. The number of hydrogen-bond donors (Lipinski definition) is 1. The molecule has 0 heterocycles. The second kappa shape index (κ2) is 7.17. The van der Waals surface area contributed by atoms with E-state index in [0.717, 1.165) is 19.6 Å². The monoisotopic (exact) mass is 248 g/mol. The van der Waals surface area contributed by atoms with Crippen LogP contribution >= 0.6 is 0 Å². The maximum atomic E-state index is 12.1. The molecule has 1 aromatic carbocycles. The third kappa shape index (κ3) is 3.84. The first kappa shape index (κ1) is 14.7. The van der Waals surface area contributed by atoms with Gasteiger partial charge in [0.25, 0.3) is 0 Å². The van der Waals surface area contributed by atoms with Gasteiger partial charge in [0.15, 0.2) is 0 Å². The van der Waals surface area contributed by atoms with Crippen molar-refractivity contribution in [3.63, 3.8) is 0 Å². The maximum Gasteiger partial charge on any atom is 0.239 e. The van der Waals surface area contributed by atoms with Gasteiger partial charge in [0.2, 0.25) is 5.91 Å². The smallest absolute Gasteiger partial charge is 0.239 e. The molecular formula is C15H24N2O. The van der Waals surface area contributed by atoms with Crippen molar-refractivity contribution in [3.05, 3.63) is 35.4 Å².